The summed E-state index contributed by atoms with van der Waals surface area (Å²) < 4.78 is 16.8. The van der Waals surface area contributed by atoms with E-state index < -0.39 is 6.10 Å². The smallest absolute Gasteiger partial charge is 0.307 e. The summed E-state index contributed by atoms with van der Waals surface area (Å²) in [5.41, 5.74) is 1.00. The maximum Gasteiger partial charge on any atom is 0.307 e. The van der Waals surface area contributed by atoms with Crippen molar-refractivity contribution >= 4 is 17.3 Å². The van der Waals surface area contributed by atoms with Gasteiger partial charge in [0.15, 0.2) is 6.10 Å². The number of hydrogen-bond donors (Lipinski definition) is 0. The molecule has 28 heavy (non-hydrogen) atoms. The minimum atomic E-state index is -0.606. The van der Waals surface area contributed by atoms with Crippen LogP contribution in [0, 0.1) is 0 Å². The summed E-state index contributed by atoms with van der Waals surface area (Å²) in [5.74, 6) is 1.88. The molecule has 0 bridgehead atoms. The van der Waals surface area contributed by atoms with Crippen molar-refractivity contribution in [1.29, 1.82) is 0 Å². The lowest BCUT2D eigenvalue weighted by molar-refractivity contribution is -0.149. The van der Waals surface area contributed by atoms with Crippen LogP contribution >= 0.6 is 11.3 Å². The van der Waals surface area contributed by atoms with Gasteiger partial charge in [0.05, 0.1) is 11.3 Å². The number of aromatic nitrogens is 2. The molecule has 0 saturated heterocycles. The molecule has 0 saturated carbocycles. The third kappa shape index (κ3) is 4.20. The molecule has 0 radical (unpaired) electrons. The van der Waals surface area contributed by atoms with Crippen LogP contribution in [0.3, 0.4) is 0 Å². The van der Waals surface area contributed by atoms with Crippen molar-refractivity contribution in [3.05, 3.63) is 71.6 Å². The van der Waals surface area contributed by atoms with E-state index in [2.05, 4.69) is 10.2 Å². The molecule has 0 aliphatic rings. The van der Waals surface area contributed by atoms with E-state index in [1.807, 2.05) is 60.0 Å². The molecule has 6 nitrogen and oxygen atoms in total. The van der Waals surface area contributed by atoms with Crippen LogP contribution in [-0.4, -0.2) is 16.2 Å². The summed E-state index contributed by atoms with van der Waals surface area (Å²) in [5, 5.41) is 9.91. The number of hydrogen-bond acceptors (Lipinski definition) is 7. The van der Waals surface area contributed by atoms with Crippen molar-refractivity contribution < 1.29 is 18.4 Å². The van der Waals surface area contributed by atoms with Gasteiger partial charge in [-0.2, -0.15) is 0 Å². The van der Waals surface area contributed by atoms with Crippen LogP contribution in [0.5, 0.6) is 0 Å². The highest BCUT2D eigenvalue weighted by Crippen LogP contribution is 2.26. The summed E-state index contributed by atoms with van der Waals surface area (Å²) in [6.07, 6.45) is 0.0610. The van der Waals surface area contributed by atoms with Crippen LogP contribution in [-0.2, 0) is 16.0 Å². The summed E-state index contributed by atoms with van der Waals surface area (Å²) in [6, 6.07) is 17.4. The second-order valence-corrected chi connectivity index (χ2v) is 7.13. The number of thiophene rings is 1. The highest BCUT2D eigenvalue weighted by molar-refractivity contribution is 7.13. The van der Waals surface area contributed by atoms with Gasteiger partial charge in [-0.15, -0.1) is 21.5 Å². The molecule has 0 N–H and O–H groups in total. The maximum absolute atomic E-state index is 12.2. The van der Waals surface area contributed by atoms with Gasteiger partial charge < -0.3 is 13.6 Å². The van der Waals surface area contributed by atoms with Crippen molar-refractivity contribution in [3.63, 3.8) is 0 Å². The minimum Gasteiger partial charge on any atom is -0.461 e. The average Bonchev–Trinajstić information content (AvgIpc) is 3.48. The number of benzene rings is 1. The molecule has 3 aromatic heterocycles. The molecule has 7 heteroatoms. The Labute approximate surface area is 165 Å². The normalized spacial score (nSPS) is 12.0. The number of carbonyl (C=O) groups excluding carboxylic acids is 1. The van der Waals surface area contributed by atoms with E-state index in [0.29, 0.717) is 12.3 Å². The Hall–Kier alpha value is -3.19. The average molecular weight is 394 g/mol. The Morgan fingerprint density at radius 1 is 1.07 bits per heavy atom. The van der Waals surface area contributed by atoms with E-state index in [-0.39, 0.29) is 18.3 Å². The second-order valence-electron chi connectivity index (χ2n) is 6.19. The lowest BCUT2D eigenvalue weighted by Crippen LogP contribution is -2.10. The first-order valence-corrected chi connectivity index (χ1v) is 9.78. The Kier molecular flexibility index (Phi) is 5.34. The van der Waals surface area contributed by atoms with Gasteiger partial charge in [-0.05, 0) is 30.5 Å². The topological polar surface area (TPSA) is 78.4 Å². The highest BCUT2D eigenvalue weighted by Gasteiger charge is 2.19. The highest BCUT2D eigenvalue weighted by atomic mass is 32.1. The molecule has 1 atom stereocenters. The van der Waals surface area contributed by atoms with Gasteiger partial charge in [-0.25, -0.2) is 0 Å². The van der Waals surface area contributed by atoms with Crippen LogP contribution < -0.4 is 0 Å². The molecule has 1 aromatic carbocycles. The molecule has 0 amide bonds. The number of nitrogens with zero attached hydrogens (tertiary/aromatic N) is 2. The van der Waals surface area contributed by atoms with Crippen molar-refractivity contribution in [1.82, 2.24) is 10.2 Å². The van der Waals surface area contributed by atoms with E-state index in [1.54, 1.807) is 6.92 Å². The van der Waals surface area contributed by atoms with Gasteiger partial charge in [-0.3, -0.25) is 4.79 Å². The predicted octanol–water partition coefficient (Wildman–Crippen LogP) is 5.30. The fourth-order valence-corrected chi connectivity index (χ4v) is 3.34. The molecule has 4 aromatic rings. The fourth-order valence-electron chi connectivity index (χ4n) is 2.70. The number of ether oxygens (including phenoxy) is 1. The van der Waals surface area contributed by atoms with Crippen LogP contribution in [0.2, 0.25) is 0 Å². The number of esters is 1. The molecule has 1 unspecified atom stereocenters. The third-order valence-electron chi connectivity index (χ3n) is 4.12. The molecule has 0 aliphatic carbocycles. The van der Waals surface area contributed by atoms with Crippen molar-refractivity contribution in [2.45, 2.75) is 25.9 Å². The number of carbonyl (C=O) groups is 1. The van der Waals surface area contributed by atoms with Crippen molar-refractivity contribution in [2.24, 2.45) is 0 Å². The Balaban J connectivity index is 1.30. The zero-order valence-electron chi connectivity index (χ0n) is 15.2. The molecule has 142 valence electrons. The predicted molar refractivity (Wildman–Crippen MR) is 105 cm³/mol. The third-order valence-corrected chi connectivity index (χ3v) is 4.98. The van der Waals surface area contributed by atoms with E-state index in [9.17, 15) is 4.79 Å². The summed E-state index contributed by atoms with van der Waals surface area (Å²) >= 11 is 1.51. The van der Waals surface area contributed by atoms with Gasteiger partial charge in [0.2, 0.25) is 0 Å². The first-order valence-electron chi connectivity index (χ1n) is 8.90. The number of rotatable bonds is 7. The van der Waals surface area contributed by atoms with Gasteiger partial charge in [0.1, 0.15) is 11.5 Å². The molecule has 0 fully saturated rings. The Bertz CT molecular complexity index is 1040. The second kappa shape index (κ2) is 8.22. The molecular formula is C21H18N2O4S. The zero-order valence-corrected chi connectivity index (χ0v) is 16.0. The van der Waals surface area contributed by atoms with Crippen molar-refractivity contribution in [2.75, 3.05) is 0 Å². The minimum absolute atomic E-state index is 0.206. The number of furan rings is 1. The van der Waals surface area contributed by atoms with E-state index >= 15 is 0 Å². The monoisotopic (exact) mass is 394 g/mol. The fraction of sp³-hybridized carbons (Fsp3) is 0.190. The molecule has 0 spiro atoms. The van der Waals surface area contributed by atoms with Gasteiger partial charge in [0.25, 0.3) is 11.8 Å². The van der Waals surface area contributed by atoms with Crippen LogP contribution in [0.1, 0.15) is 31.1 Å². The lowest BCUT2D eigenvalue weighted by atomic mass is 10.2. The SMILES string of the molecule is CC(OC(=O)CCc1ccc(-c2ccccc2)o1)c1nnc(-c2cccs2)o1. The number of aryl methyl sites for hydroxylation is 1. The molecular weight excluding hydrogens is 376 g/mol. The van der Waals surface area contributed by atoms with Gasteiger partial charge in [0, 0.05) is 12.0 Å². The Morgan fingerprint density at radius 2 is 1.93 bits per heavy atom. The zero-order chi connectivity index (χ0) is 19.3. The lowest BCUT2D eigenvalue weighted by Gasteiger charge is -2.08. The van der Waals surface area contributed by atoms with E-state index in [1.165, 1.54) is 11.3 Å². The van der Waals surface area contributed by atoms with E-state index in [4.69, 9.17) is 13.6 Å². The summed E-state index contributed by atoms with van der Waals surface area (Å²) in [4.78, 5) is 13.0. The van der Waals surface area contributed by atoms with Crippen LogP contribution in [0.4, 0.5) is 0 Å². The van der Waals surface area contributed by atoms with Gasteiger partial charge >= 0.3 is 5.97 Å². The van der Waals surface area contributed by atoms with Gasteiger partial charge in [-0.1, -0.05) is 36.4 Å². The maximum atomic E-state index is 12.2. The molecule has 4 rings (SSSR count). The van der Waals surface area contributed by atoms with E-state index in [0.717, 1.165) is 22.0 Å². The van der Waals surface area contributed by atoms with Crippen molar-refractivity contribution in [3.8, 4) is 22.1 Å². The molecule has 3 heterocycles. The molecule has 0 aliphatic heterocycles. The summed E-state index contributed by atoms with van der Waals surface area (Å²) in [6.45, 7) is 1.71. The largest absolute Gasteiger partial charge is 0.461 e. The van der Waals surface area contributed by atoms with Crippen LogP contribution in [0.25, 0.3) is 22.1 Å². The first-order chi connectivity index (χ1) is 13.7. The quantitative estimate of drug-likeness (QED) is 0.396. The first kappa shape index (κ1) is 18.2. The Morgan fingerprint density at radius 3 is 2.71 bits per heavy atom. The standard InChI is InChI=1S/C21H18N2O4S/c1-14(20-22-23-21(27-20)18-8-5-13-28-18)25-19(24)12-10-16-9-11-17(26-16)15-6-3-2-4-7-15/h2-9,11,13-14H,10,12H2,1H3. The van der Waals surface area contributed by atoms with Crippen LogP contribution in [0.15, 0.2) is 68.8 Å². The summed E-state index contributed by atoms with van der Waals surface area (Å²) in [7, 11) is 0.